The lowest BCUT2D eigenvalue weighted by Crippen LogP contribution is -2.00. The van der Waals surface area contributed by atoms with E-state index in [1.165, 1.54) is 5.56 Å². The van der Waals surface area contributed by atoms with Crippen molar-refractivity contribution in [1.82, 2.24) is 4.57 Å². The molecule has 0 atom stereocenters. The first-order chi connectivity index (χ1) is 12.4. The van der Waals surface area contributed by atoms with Gasteiger partial charge in [-0.3, -0.25) is 0 Å². The number of hydrogen-bond donors (Lipinski definition) is 0. The van der Waals surface area contributed by atoms with Gasteiger partial charge in [-0.1, -0.05) is 59.1 Å². The van der Waals surface area contributed by atoms with Gasteiger partial charge < -0.3 is 4.57 Å². The summed E-state index contributed by atoms with van der Waals surface area (Å²) in [5.41, 5.74) is 6.55. The SMILES string of the molecule is Cc1ccc(/C(C#N)=C\c2cc(C)n(-c3cccc(Cl)c3Cl)c2C)cc1. The van der Waals surface area contributed by atoms with E-state index in [2.05, 4.69) is 16.7 Å². The summed E-state index contributed by atoms with van der Waals surface area (Å²) in [4.78, 5) is 0. The minimum Gasteiger partial charge on any atom is -0.316 e. The Hall–Kier alpha value is -2.47. The van der Waals surface area contributed by atoms with Gasteiger partial charge in [-0.05, 0) is 56.2 Å². The Balaban J connectivity index is 2.12. The fourth-order valence-corrected chi connectivity index (χ4v) is 3.42. The van der Waals surface area contributed by atoms with E-state index in [0.29, 0.717) is 15.6 Å². The Morgan fingerprint density at radius 2 is 1.73 bits per heavy atom. The predicted molar refractivity (Wildman–Crippen MR) is 110 cm³/mol. The summed E-state index contributed by atoms with van der Waals surface area (Å²) >= 11 is 12.6. The molecule has 0 aliphatic carbocycles. The average Bonchev–Trinajstić information content (AvgIpc) is 2.90. The zero-order chi connectivity index (χ0) is 18.8. The third-order valence-electron chi connectivity index (χ3n) is 4.43. The summed E-state index contributed by atoms with van der Waals surface area (Å²) in [5.74, 6) is 0. The fraction of sp³-hybridized carbons (Fsp3) is 0.136. The van der Waals surface area contributed by atoms with Gasteiger partial charge in [-0.15, -0.1) is 0 Å². The Kier molecular flexibility index (Phi) is 5.23. The van der Waals surface area contributed by atoms with Crippen LogP contribution < -0.4 is 0 Å². The van der Waals surface area contributed by atoms with E-state index < -0.39 is 0 Å². The lowest BCUT2D eigenvalue weighted by molar-refractivity contribution is 0.965. The molecule has 0 unspecified atom stereocenters. The van der Waals surface area contributed by atoms with Crippen molar-refractivity contribution in [1.29, 1.82) is 5.26 Å². The van der Waals surface area contributed by atoms with Gasteiger partial charge in [-0.25, -0.2) is 0 Å². The number of rotatable bonds is 3. The molecule has 0 saturated carbocycles. The Labute approximate surface area is 163 Å². The maximum Gasteiger partial charge on any atom is 0.0998 e. The van der Waals surface area contributed by atoms with Crippen LogP contribution in [-0.4, -0.2) is 4.57 Å². The summed E-state index contributed by atoms with van der Waals surface area (Å²) < 4.78 is 2.06. The van der Waals surface area contributed by atoms with Crippen LogP contribution >= 0.6 is 23.2 Å². The van der Waals surface area contributed by atoms with Gasteiger partial charge in [0.2, 0.25) is 0 Å². The van der Waals surface area contributed by atoms with Gasteiger partial charge in [0.05, 0.1) is 27.4 Å². The van der Waals surface area contributed by atoms with E-state index in [1.54, 1.807) is 6.07 Å². The number of halogens is 2. The molecule has 0 N–H and O–H groups in total. The highest BCUT2D eigenvalue weighted by Crippen LogP contribution is 2.32. The number of aromatic nitrogens is 1. The topological polar surface area (TPSA) is 28.7 Å². The molecule has 0 bridgehead atoms. The molecule has 1 heterocycles. The zero-order valence-corrected chi connectivity index (χ0v) is 16.4. The van der Waals surface area contributed by atoms with E-state index in [1.807, 2.05) is 63.2 Å². The fourth-order valence-electron chi connectivity index (χ4n) is 3.04. The molecule has 0 radical (unpaired) electrons. The molecule has 0 fully saturated rings. The first kappa shape index (κ1) is 18.3. The molecule has 2 nitrogen and oxygen atoms in total. The molecule has 0 aliphatic heterocycles. The first-order valence-corrected chi connectivity index (χ1v) is 9.00. The molecule has 130 valence electrons. The van der Waals surface area contributed by atoms with Crippen molar-refractivity contribution in [3.05, 3.63) is 86.7 Å². The second-order valence-electron chi connectivity index (χ2n) is 6.27. The quantitative estimate of drug-likeness (QED) is 0.460. The minimum atomic E-state index is 0.519. The van der Waals surface area contributed by atoms with Gasteiger partial charge in [0.25, 0.3) is 0 Å². The number of hydrogen-bond acceptors (Lipinski definition) is 1. The van der Waals surface area contributed by atoms with Crippen LogP contribution in [0.25, 0.3) is 17.3 Å². The van der Waals surface area contributed by atoms with Crippen LogP contribution in [0.3, 0.4) is 0 Å². The third kappa shape index (κ3) is 3.42. The summed E-state index contributed by atoms with van der Waals surface area (Å²) in [6, 6.07) is 17.9. The molecule has 0 saturated heterocycles. The van der Waals surface area contributed by atoms with Crippen LogP contribution in [0.5, 0.6) is 0 Å². The lowest BCUT2D eigenvalue weighted by atomic mass is 10.0. The maximum absolute atomic E-state index is 9.61. The highest BCUT2D eigenvalue weighted by molar-refractivity contribution is 6.43. The maximum atomic E-state index is 9.61. The largest absolute Gasteiger partial charge is 0.316 e. The summed E-state index contributed by atoms with van der Waals surface area (Å²) in [5, 5.41) is 10.6. The van der Waals surface area contributed by atoms with Crippen LogP contribution in [0.15, 0.2) is 48.5 Å². The van der Waals surface area contributed by atoms with Crippen molar-refractivity contribution >= 4 is 34.9 Å². The summed E-state index contributed by atoms with van der Waals surface area (Å²) in [6.45, 7) is 6.06. The highest BCUT2D eigenvalue weighted by atomic mass is 35.5. The molecular weight excluding hydrogens is 363 g/mol. The standard InChI is InChI=1S/C22H18Cl2N2/c1-14-7-9-17(10-8-14)19(13-25)12-18-11-15(2)26(16(18)3)21-6-4-5-20(23)22(21)24/h4-12H,1-3H3/b19-12-. The molecule has 2 aromatic carbocycles. The van der Waals surface area contributed by atoms with Crippen LogP contribution in [0.1, 0.15) is 28.1 Å². The normalized spacial score (nSPS) is 11.5. The van der Waals surface area contributed by atoms with Crippen molar-refractivity contribution in [3.8, 4) is 11.8 Å². The lowest BCUT2D eigenvalue weighted by Gasteiger charge is -2.12. The Morgan fingerprint density at radius 1 is 1.04 bits per heavy atom. The number of benzene rings is 2. The third-order valence-corrected chi connectivity index (χ3v) is 5.23. The Bertz CT molecular complexity index is 1040. The van der Waals surface area contributed by atoms with Crippen LogP contribution in [-0.2, 0) is 0 Å². The number of allylic oxidation sites excluding steroid dienone is 1. The molecule has 0 spiro atoms. The molecular formula is C22H18Cl2N2. The van der Waals surface area contributed by atoms with Gasteiger partial charge in [0, 0.05) is 11.4 Å². The van der Waals surface area contributed by atoms with Crippen molar-refractivity contribution in [2.24, 2.45) is 0 Å². The average molecular weight is 381 g/mol. The second-order valence-corrected chi connectivity index (χ2v) is 7.06. The van der Waals surface area contributed by atoms with Crippen LogP contribution in [0, 0.1) is 32.1 Å². The van der Waals surface area contributed by atoms with Gasteiger partial charge >= 0.3 is 0 Å². The number of aryl methyl sites for hydroxylation is 2. The molecule has 26 heavy (non-hydrogen) atoms. The van der Waals surface area contributed by atoms with E-state index in [0.717, 1.165) is 28.2 Å². The molecule has 0 amide bonds. The van der Waals surface area contributed by atoms with Crippen molar-refractivity contribution < 1.29 is 0 Å². The van der Waals surface area contributed by atoms with E-state index >= 15 is 0 Å². The minimum absolute atomic E-state index is 0.519. The molecule has 3 aromatic rings. The molecule has 0 aliphatic rings. The zero-order valence-electron chi connectivity index (χ0n) is 14.8. The number of nitrogens with zero attached hydrogens (tertiary/aromatic N) is 2. The monoisotopic (exact) mass is 380 g/mol. The van der Waals surface area contributed by atoms with Crippen molar-refractivity contribution in [2.75, 3.05) is 0 Å². The van der Waals surface area contributed by atoms with Gasteiger partial charge in [-0.2, -0.15) is 5.26 Å². The summed E-state index contributed by atoms with van der Waals surface area (Å²) in [6.07, 6.45) is 1.92. The smallest absolute Gasteiger partial charge is 0.0998 e. The van der Waals surface area contributed by atoms with Gasteiger partial charge in [0.15, 0.2) is 0 Å². The van der Waals surface area contributed by atoms with Crippen LogP contribution in [0.2, 0.25) is 10.0 Å². The van der Waals surface area contributed by atoms with E-state index in [4.69, 9.17) is 23.2 Å². The number of nitriles is 1. The molecule has 1 aromatic heterocycles. The first-order valence-electron chi connectivity index (χ1n) is 8.24. The van der Waals surface area contributed by atoms with Crippen molar-refractivity contribution in [2.45, 2.75) is 20.8 Å². The second kappa shape index (κ2) is 7.41. The van der Waals surface area contributed by atoms with E-state index in [-0.39, 0.29) is 0 Å². The molecule has 4 heteroatoms. The predicted octanol–water partition coefficient (Wildman–Crippen LogP) is 6.77. The van der Waals surface area contributed by atoms with Crippen LogP contribution in [0.4, 0.5) is 0 Å². The Morgan fingerprint density at radius 3 is 2.38 bits per heavy atom. The van der Waals surface area contributed by atoms with Gasteiger partial charge in [0.1, 0.15) is 0 Å². The highest BCUT2D eigenvalue weighted by Gasteiger charge is 2.14. The van der Waals surface area contributed by atoms with E-state index in [9.17, 15) is 5.26 Å². The summed E-state index contributed by atoms with van der Waals surface area (Å²) in [7, 11) is 0. The molecule has 3 rings (SSSR count). The van der Waals surface area contributed by atoms with Crippen molar-refractivity contribution in [3.63, 3.8) is 0 Å².